The number of ether oxygens (including phenoxy) is 1. The number of methoxy groups -OCH3 is 1. The predicted molar refractivity (Wildman–Crippen MR) is 83.1 cm³/mol. The van der Waals surface area contributed by atoms with E-state index in [1.165, 1.54) is 12.8 Å². The zero-order valence-electron chi connectivity index (χ0n) is 12.5. The lowest BCUT2D eigenvalue weighted by molar-refractivity contribution is -0.128. The SMILES string of the molecule is COc1cccc(C=CC(=O)N(CCO)C2CCCC2)c1. The number of aliphatic hydroxyl groups is 1. The molecule has 1 aromatic rings. The minimum Gasteiger partial charge on any atom is -0.497 e. The minimum absolute atomic E-state index is 0.00917. The Labute approximate surface area is 126 Å². The molecule has 0 aliphatic heterocycles. The first-order chi connectivity index (χ1) is 10.2. The van der Waals surface area contributed by atoms with Crippen LogP contribution in [0.1, 0.15) is 31.2 Å². The van der Waals surface area contributed by atoms with Gasteiger partial charge in [-0.15, -0.1) is 0 Å². The number of carbonyl (C=O) groups is 1. The number of hydrogen-bond acceptors (Lipinski definition) is 3. The zero-order chi connectivity index (χ0) is 15.1. The number of aliphatic hydroxyl groups excluding tert-OH is 1. The molecule has 4 heteroatoms. The quantitative estimate of drug-likeness (QED) is 0.819. The largest absolute Gasteiger partial charge is 0.497 e. The topological polar surface area (TPSA) is 49.8 Å². The van der Waals surface area contributed by atoms with Gasteiger partial charge in [0, 0.05) is 18.7 Å². The van der Waals surface area contributed by atoms with Crippen LogP contribution in [-0.4, -0.2) is 42.2 Å². The Hall–Kier alpha value is -1.81. The van der Waals surface area contributed by atoms with Gasteiger partial charge in [-0.2, -0.15) is 0 Å². The molecule has 1 amide bonds. The van der Waals surface area contributed by atoms with Gasteiger partial charge in [-0.05, 0) is 36.6 Å². The normalized spacial score (nSPS) is 15.5. The van der Waals surface area contributed by atoms with Crippen molar-refractivity contribution >= 4 is 12.0 Å². The molecule has 0 heterocycles. The lowest BCUT2D eigenvalue weighted by Gasteiger charge is -2.27. The zero-order valence-corrected chi connectivity index (χ0v) is 12.5. The molecule has 0 radical (unpaired) electrons. The van der Waals surface area contributed by atoms with E-state index in [4.69, 9.17) is 9.84 Å². The summed E-state index contributed by atoms with van der Waals surface area (Å²) in [5.74, 6) is 0.742. The lowest BCUT2D eigenvalue weighted by Crippen LogP contribution is -2.39. The van der Waals surface area contributed by atoms with Crippen molar-refractivity contribution < 1.29 is 14.6 Å². The molecule has 0 spiro atoms. The molecule has 1 saturated carbocycles. The third-order valence-electron chi connectivity index (χ3n) is 3.90. The maximum absolute atomic E-state index is 12.3. The second kappa shape index (κ2) is 7.84. The van der Waals surface area contributed by atoms with Gasteiger partial charge in [0.25, 0.3) is 0 Å². The number of amides is 1. The summed E-state index contributed by atoms with van der Waals surface area (Å²) in [7, 11) is 1.62. The van der Waals surface area contributed by atoms with E-state index >= 15 is 0 Å². The Balaban J connectivity index is 2.04. The maximum atomic E-state index is 12.3. The van der Waals surface area contributed by atoms with Gasteiger partial charge in [-0.25, -0.2) is 0 Å². The molecule has 4 nitrogen and oxygen atoms in total. The number of nitrogens with zero attached hydrogens (tertiary/aromatic N) is 1. The van der Waals surface area contributed by atoms with Crippen LogP contribution in [0.25, 0.3) is 6.08 Å². The van der Waals surface area contributed by atoms with E-state index in [1.54, 1.807) is 24.2 Å². The van der Waals surface area contributed by atoms with E-state index in [9.17, 15) is 4.79 Å². The minimum atomic E-state index is -0.0289. The average Bonchev–Trinajstić information content (AvgIpc) is 3.04. The second-order valence-electron chi connectivity index (χ2n) is 5.30. The maximum Gasteiger partial charge on any atom is 0.246 e. The number of rotatable bonds is 6. The lowest BCUT2D eigenvalue weighted by atomic mass is 10.1. The summed E-state index contributed by atoms with van der Waals surface area (Å²) in [5, 5.41) is 9.16. The van der Waals surface area contributed by atoms with E-state index in [2.05, 4.69) is 0 Å². The first-order valence-corrected chi connectivity index (χ1v) is 7.48. The van der Waals surface area contributed by atoms with Crippen LogP contribution in [0.4, 0.5) is 0 Å². The monoisotopic (exact) mass is 289 g/mol. The molecular formula is C17H23NO3. The van der Waals surface area contributed by atoms with Crippen molar-refractivity contribution in [2.45, 2.75) is 31.7 Å². The highest BCUT2D eigenvalue weighted by Crippen LogP contribution is 2.23. The van der Waals surface area contributed by atoms with Gasteiger partial charge in [0.2, 0.25) is 5.91 Å². The third kappa shape index (κ3) is 4.33. The molecule has 0 unspecified atom stereocenters. The van der Waals surface area contributed by atoms with Crippen LogP contribution in [0.3, 0.4) is 0 Å². The van der Waals surface area contributed by atoms with Crippen molar-refractivity contribution in [3.05, 3.63) is 35.9 Å². The van der Waals surface area contributed by atoms with Crippen LogP contribution < -0.4 is 4.74 Å². The Morgan fingerprint density at radius 3 is 2.86 bits per heavy atom. The van der Waals surface area contributed by atoms with Crippen molar-refractivity contribution in [3.63, 3.8) is 0 Å². The van der Waals surface area contributed by atoms with Crippen molar-refractivity contribution in [1.29, 1.82) is 0 Å². The predicted octanol–water partition coefficient (Wildman–Crippen LogP) is 2.47. The molecule has 0 saturated heterocycles. The average molecular weight is 289 g/mol. The molecule has 0 bridgehead atoms. The van der Waals surface area contributed by atoms with Crippen LogP contribution in [-0.2, 0) is 4.79 Å². The van der Waals surface area contributed by atoms with Gasteiger partial charge in [0.1, 0.15) is 5.75 Å². The van der Waals surface area contributed by atoms with E-state index in [1.807, 2.05) is 24.3 Å². The van der Waals surface area contributed by atoms with Gasteiger partial charge in [0.05, 0.1) is 13.7 Å². The van der Waals surface area contributed by atoms with Crippen LogP contribution in [0.5, 0.6) is 5.75 Å². The smallest absolute Gasteiger partial charge is 0.246 e. The number of hydrogen-bond donors (Lipinski definition) is 1. The summed E-state index contributed by atoms with van der Waals surface area (Å²) in [6, 6.07) is 7.86. The molecule has 114 valence electrons. The summed E-state index contributed by atoms with van der Waals surface area (Å²) in [4.78, 5) is 14.1. The van der Waals surface area contributed by atoms with Crippen molar-refractivity contribution in [2.24, 2.45) is 0 Å². The molecule has 0 aromatic heterocycles. The summed E-state index contributed by atoms with van der Waals surface area (Å²) in [5.41, 5.74) is 0.929. The summed E-state index contributed by atoms with van der Waals surface area (Å²) in [6.45, 7) is 0.418. The van der Waals surface area contributed by atoms with Gasteiger partial charge >= 0.3 is 0 Å². The van der Waals surface area contributed by atoms with E-state index in [0.717, 1.165) is 24.2 Å². The third-order valence-corrected chi connectivity index (χ3v) is 3.90. The summed E-state index contributed by atoms with van der Waals surface area (Å²) >= 11 is 0. The standard InChI is InChI=1S/C17H23NO3/c1-21-16-8-4-5-14(13-16)9-10-17(20)18(11-12-19)15-6-2-3-7-15/h4-5,8-10,13,15,19H,2-3,6-7,11-12H2,1H3. The highest BCUT2D eigenvalue weighted by molar-refractivity contribution is 5.92. The van der Waals surface area contributed by atoms with Crippen LogP contribution >= 0.6 is 0 Å². The first kappa shape index (κ1) is 15.6. The Bertz CT molecular complexity index is 493. The summed E-state index contributed by atoms with van der Waals surface area (Å²) < 4.78 is 5.17. The number of benzene rings is 1. The van der Waals surface area contributed by atoms with Gasteiger partial charge in [0.15, 0.2) is 0 Å². The molecule has 1 fully saturated rings. The molecule has 1 aliphatic rings. The highest BCUT2D eigenvalue weighted by atomic mass is 16.5. The van der Waals surface area contributed by atoms with Gasteiger partial charge < -0.3 is 14.7 Å². The van der Waals surface area contributed by atoms with Crippen LogP contribution in [0, 0.1) is 0 Å². The molecule has 1 aliphatic carbocycles. The molecular weight excluding hydrogens is 266 g/mol. The van der Waals surface area contributed by atoms with E-state index < -0.39 is 0 Å². The summed E-state index contributed by atoms with van der Waals surface area (Å²) in [6.07, 6.45) is 7.79. The van der Waals surface area contributed by atoms with Crippen molar-refractivity contribution in [1.82, 2.24) is 4.90 Å². The Morgan fingerprint density at radius 2 is 2.19 bits per heavy atom. The van der Waals surface area contributed by atoms with Crippen molar-refractivity contribution in [2.75, 3.05) is 20.3 Å². The highest BCUT2D eigenvalue weighted by Gasteiger charge is 2.24. The molecule has 21 heavy (non-hydrogen) atoms. The molecule has 0 atom stereocenters. The van der Waals surface area contributed by atoms with Gasteiger partial charge in [-0.1, -0.05) is 25.0 Å². The Kier molecular flexibility index (Phi) is 5.81. The fourth-order valence-electron chi connectivity index (χ4n) is 2.80. The van der Waals surface area contributed by atoms with Crippen molar-refractivity contribution in [3.8, 4) is 5.75 Å². The van der Waals surface area contributed by atoms with Crippen LogP contribution in [0.15, 0.2) is 30.3 Å². The number of carbonyl (C=O) groups excluding carboxylic acids is 1. The molecule has 1 N–H and O–H groups in total. The van der Waals surface area contributed by atoms with Gasteiger partial charge in [-0.3, -0.25) is 4.79 Å². The van der Waals surface area contributed by atoms with E-state index in [0.29, 0.717) is 6.54 Å². The fourth-order valence-corrected chi connectivity index (χ4v) is 2.80. The first-order valence-electron chi connectivity index (χ1n) is 7.48. The molecule has 2 rings (SSSR count). The second-order valence-corrected chi connectivity index (χ2v) is 5.30. The Morgan fingerprint density at radius 1 is 1.43 bits per heavy atom. The van der Waals surface area contributed by atoms with E-state index in [-0.39, 0.29) is 18.6 Å². The fraction of sp³-hybridized carbons (Fsp3) is 0.471. The van der Waals surface area contributed by atoms with Crippen LogP contribution in [0.2, 0.25) is 0 Å². The molecule has 1 aromatic carbocycles.